The maximum absolute atomic E-state index is 4.38. The van der Waals surface area contributed by atoms with Crippen molar-refractivity contribution >= 4 is 11.3 Å². The number of hydrogen-bond acceptors (Lipinski definition) is 3. The molecule has 0 radical (unpaired) electrons. The third kappa shape index (κ3) is 2.43. The number of nitrogens with one attached hydrogen (secondary N) is 1. The van der Waals surface area contributed by atoms with E-state index in [0.717, 1.165) is 17.1 Å². The summed E-state index contributed by atoms with van der Waals surface area (Å²) in [5.41, 5.74) is 1.15. The molecule has 0 aromatic carbocycles. The van der Waals surface area contributed by atoms with E-state index in [2.05, 4.69) is 22.3 Å². The van der Waals surface area contributed by atoms with Crippen LogP contribution in [0.3, 0.4) is 0 Å². The summed E-state index contributed by atoms with van der Waals surface area (Å²) in [5.74, 6) is 0. The van der Waals surface area contributed by atoms with Gasteiger partial charge in [-0.1, -0.05) is 6.08 Å². The fourth-order valence-corrected chi connectivity index (χ4v) is 1.66. The molecule has 0 aliphatic heterocycles. The molecule has 12 heavy (non-hydrogen) atoms. The summed E-state index contributed by atoms with van der Waals surface area (Å²) in [6, 6.07) is 0.339. The average Bonchev–Trinajstić information content (AvgIpc) is 2.47. The normalized spacial score (nSPS) is 12.8. The smallest absolute Gasteiger partial charge is 0.0897 e. The van der Waals surface area contributed by atoms with Gasteiger partial charge in [0.15, 0.2) is 0 Å². The molecule has 0 aliphatic carbocycles. The van der Waals surface area contributed by atoms with Gasteiger partial charge in [0.2, 0.25) is 0 Å². The molecule has 1 rings (SSSR count). The Morgan fingerprint density at radius 2 is 2.58 bits per heavy atom. The highest BCUT2D eigenvalue weighted by atomic mass is 32.1. The zero-order chi connectivity index (χ0) is 8.97. The van der Waals surface area contributed by atoms with Crippen LogP contribution in [0.2, 0.25) is 0 Å². The minimum Gasteiger partial charge on any atom is -0.313 e. The highest BCUT2D eigenvalue weighted by molar-refractivity contribution is 7.09. The van der Waals surface area contributed by atoms with E-state index in [1.807, 2.05) is 20.0 Å². The Kier molecular flexibility index (Phi) is 3.44. The van der Waals surface area contributed by atoms with Crippen LogP contribution >= 0.6 is 11.3 Å². The van der Waals surface area contributed by atoms with Gasteiger partial charge in [-0.3, -0.25) is 0 Å². The van der Waals surface area contributed by atoms with Crippen molar-refractivity contribution in [3.05, 3.63) is 28.7 Å². The van der Waals surface area contributed by atoms with Crippen molar-refractivity contribution in [3.63, 3.8) is 0 Å². The van der Waals surface area contributed by atoms with Crippen LogP contribution < -0.4 is 5.32 Å². The van der Waals surface area contributed by atoms with Gasteiger partial charge in [0.05, 0.1) is 10.7 Å². The van der Waals surface area contributed by atoms with E-state index in [1.165, 1.54) is 0 Å². The first-order valence-corrected chi connectivity index (χ1v) is 4.85. The molecule has 0 saturated carbocycles. The van der Waals surface area contributed by atoms with E-state index < -0.39 is 0 Å². The summed E-state index contributed by atoms with van der Waals surface area (Å²) < 4.78 is 0. The van der Waals surface area contributed by atoms with Gasteiger partial charge in [-0.2, -0.15) is 0 Å². The molecule has 1 aromatic rings. The highest BCUT2D eigenvalue weighted by Crippen LogP contribution is 2.09. The lowest BCUT2D eigenvalue weighted by atomic mass is 10.2. The Labute approximate surface area is 77.3 Å². The van der Waals surface area contributed by atoms with Crippen LogP contribution in [0.5, 0.6) is 0 Å². The van der Waals surface area contributed by atoms with Crippen molar-refractivity contribution in [2.45, 2.75) is 19.4 Å². The fourth-order valence-electron chi connectivity index (χ4n) is 1.03. The van der Waals surface area contributed by atoms with Gasteiger partial charge in [0, 0.05) is 17.8 Å². The molecule has 66 valence electrons. The van der Waals surface area contributed by atoms with Crippen LogP contribution in [-0.2, 0) is 6.42 Å². The van der Waals surface area contributed by atoms with Crippen LogP contribution in [0.4, 0.5) is 0 Å². The number of rotatable bonds is 4. The lowest BCUT2D eigenvalue weighted by Crippen LogP contribution is -2.24. The number of thiazole rings is 1. The van der Waals surface area contributed by atoms with Crippen molar-refractivity contribution in [1.29, 1.82) is 0 Å². The van der Waals surface area contributed by atoms with Crippen LogP contribution in [-0.4, -0.2) is 18.1 Å². The van der Waals surface area contributed by atoms with Gasteiger partial charge in [0.1, 0.15) is 0 Å². The first kappa shape index (κ1) is 9.42. The summed E-state index contributed by atoms with van der Waals surface area (Å²) in [6.45, 7) is 5.77. The molecule has 2 nitrogen and oxygen atoms in total. The lowest BCUT2D eigenvalue weighted by Gasteiger charge is -2.07. The molecule has 0 amide bonds. The zero-order valence-electron chi connectivity index (χ0n) is 7.50. The number of hydrogen-bond donors (Lipinski definition) is 1. The first-order chi connectivity index (χ1) is 5.76. The molecule has 1 N–H and O–H groups in total. The van der Waals surface area contributed by atoms with Crippen LogP contribution in [0, 0.1) is 6.92 Å². The monoisotopic (exact) mass is 182 g/mol. The van der Waals surface area contributed by atoms with Gasteiger partial charge in [-0.05, 0) is 14.0 Å². The van der Waals surface area contributed by atoms with E-state index in [4.69, 9.17) is 0 Å². The second kappa shape index (κ2) is 4.38. The standard InChI is InChI=1S/C9H14N2S/c1-4-8(10-3)5-9-6-12-7(2)11-9/h4,6,8,10H,1,5H2,2-3H3. The SMILES string of the molecule is C=CC(Cc1csc(C)n1)NC. The fraction of sp³-hybridized carbons (Fsp3) is 0.444. The lowest BCUT2D eigenvalue weighted by molar-refractivity contribution is 0.657. The van der Waals surface area contributed by atoms with E-state index in [1.54, 1.807) is 11.3 Å². The molecule has 0 spiro atoms. The summed E-state index contributed by atoms with van der Waals surface area (Å²) in [4.78, 5) is 4.38. The molecular weight excluding hydrogens is 168 g/mol. The summed E-state index contributed by atoms with van der Waals surface area (Å²) in [6.07, 6.45) is 2.85. The van der Waals surface area contributed by atoms with Gasteiger partial charge in [0.25, 0.3) is 0 Å². The van der Waals surface area contributed by atoms with Crippen molar-refractivity contribution in [2.75, 3.05) is 7.05 Å². The van der Waals surface area contributed by atoms with Crippen molar-refractivity contribution in [3.8, 4) is 0 Å². The molecule has 1 aromatic heterocycles. The third-order valence-corrected chi connectivity index (χ3v) is 2.57. The van der Waals surface area contributed by atoms with Crippen LogP contribution in [0.25, 0.3) is 0 Å². The average molecular weight is 182 g/mol. The maximum Gasteiger partial charge on any atom is 0.0897 e. The highest BCUT2D eigenvalue weighted by Gasteiger charge is 2.04. The minimum atomic E-state index is 0.339. The first-order valence-electron chi connectivity index (χ1n) is 3.97. The number of aromatic nitrogens is 1. The Bertz CT molecular complexity index is 255. The van der Waals surface area contributed by atoms with E-state index >= 15 is 0 Å². The van der Waals surface area contributed by atoms with Crippen LogP contribution in [0.15, 0.2) is 18.0 Å². The number of likely N-dealkylation sites (N-methyl/N-ethyl adjacent to an activating group) is 1. The summed E-state index contributed by atoms with van der Waals surface area (Å²) >= 11 is 1.69. The largest absolute Gasteiger partial charge is 0.313 e. The van der Waals surface area contributed by atoms with Gasteiger partial charge >= 0.3 is 0 Å². The molecule has 0 aliphatic rings. The van der Waals surface area contributed by atoms with E-state index in [9.17, 15) is 0 Å². The Morgan fingerprint density at radius 1 is 1.83 bits per heavy atom. The summed E-state index contributed by atoms with van der Waals surface area (Å²) in [5, 5.41) is 6.39. The molecule has 1 unspecified atom stereocenters. The maximum atomic E-state index is 4.38. The second-order valence-electron chi connectivity index (χ2n) is 2.69. The molecule has 0 bridgehead atoms. The number of nitrogens with zero attached hydrogens (tertiary/aromatic N) is 1. The molecule has 0 saturated heterocycles. The Morgan fingerprint density at radius 3 is 3.00 bits per heavy atom. The van der Waals surface area contributed by atoms with E-state index in [0.29, 0.717) is 6.04 Å². The second-order valence-corrected chi connectivity index (χ2v) is 3.76. The molecule has 1 atom stereocenters. The van der Waals surface area contributed by atoms with Crippen molar-refractivity contribution in [2.24, 2.45) is 0 Å². The molecule has 0 fully saturated rings. The predicted octanol–water partition coefficient (Wildman–Crippen LogP) is 1.77. The molecule has 1 heterocycles. The zero-order valence-corrected chi connectivity index (χ0v) is 8.32. The predicted molar refractivity (Wildman–Crippen MR) is 53.6 cm³/mol. The summed E-state index contributed by atoms with van der Waals surface area (Å²) in [7, 11) is 1.94. The van der Waals surface area contributed by atoms with Gasteiger partial charge < -0.3 is 5.32 Å². The van der Waals surface area contributed by atoms with Crippen LogP contribution in [0.1, 0.15) is 10.7 Å². The van der Waals surface area contributed by atoms with Crippen molar-refractivity contribution < 1.29 is 0 Å². The van der Waals surface area contributed by atoms with Crippen molar-refractivity contribution in [1.82, 2.24) is 10.3 Å². The molecule has 3 heteroatoms. The Hall–Kier alpha value is -0.670. The Balaban J connectivity index is 2.56. The quantitative estimate of drug-likeness (QED) is 0.718. The molecular formula is C9H14N2S. The number of aryl methyl sites for hydroxylation is 1. The van der Waals surface area contributed by atoms with Gasteiger partial charge in [-0.15, -0.1) is 17.9 Å². The van der Waals surface area contributed by atoms with Gasteiger partial charge in [-0.25, -0.2) is 4.98 Å². The van der Waals surface area contributed by atoms with E-state index in [-0.39, 0.29) is 0 Å². The topological polar surface area (TPSA) is 24.9 Å². The third-order valence-electron chi connectivity index (χ3n) is 1.75. The minimum absolute atomic E-state index is 0.339.